The van der Waals surface area contributed by atoms with E-state index in [4.69, 9.17) is 4.74 Å². The normalized spacial score (nSPS) is 10.7. The van der Waals surface area contributed by atoms with E-state index in [9.17, 15) is 14.0 Å². The maximum Gasteiger partial charge on any atom is 0.270 e. The Balaban J connectivity index is 1.22. The first-order valence-corrected chi connectivity index (χ1v) is 10.8. The van der Waals surface area contributed by atoms with E-state index >= 15 is 0 Å². The van der Waals surface area contributed by atoms with Gasteiger partial charge in [0.25, 0.3) is 11.8 Å². The molecule has 32 heavy (non-hydrogen) atoms. The number of fused-ring (bicyclic) bond motifs is 1. The molecule has 4 aromatic rings. The molecule has 4 rings (SSSR count). The summed E-state index contributed by atoms with van der Waals surface area (Å²) in [6.45, 7) is 0.613. The first-order valence-electron chi connectivity index (χ1n) is 9.97. The van der Waals surface area contributed by atoms with Gasteiger partial charge in [0.05, 0.1) is 0 Å². The minimum absolute atomic E-state index is 0.0701. The van der Waals surface area contributed by atoms with Crippen LogP contribution in [0.2, 0.25) is 0 Å². The van der Waals surface area contributed by atoms with E-state index in [0.29, 0.717) is 10.6 Å². The zero-order chi connectivity index (χ0) is 22.3. The van der Waals surface area contributed by atoms with Crippen molar-refractivity contribution in [2.75, 3.05) is 13.1 Å². The van der Waals surface area contributed by atoms with Crippen molar-refractivity contribution in [3.8, 4) is 5.75 Å². The molecule has 1 heterocycles. The maximum absolute atomic E-state index is 13.6. The number of para-hydroxylation sites is 1. The molecule has 3 aromatic carbocycles. The largest absolute Gasteiger partial charge is 0.483 e. The molecule has 0 saturated heterocycles. The number of nitrogens with one attached hydrogen (secondary N) is 2. The fourth-order valence-corrected chi connectivity index (χ4v) is 3.74. The molecule has 6 nitrogen and oxygen atoms in total. The van der Waals surface area contributed by atoms with Gasteiger partial charge in [0, 0.05) is 24.0 Å². The summed E-state index contributed by atoms with van der Waals surface area (Å²) < 4.78 is 19.0. The molecular weight excluding hydrogens is 429 g/mol. The molecule has 0 atom stereocenters. The number of rotatable bonds is 8. The minimum atomic E-state index is -0.451. The van der Waals surface area contributed by atoms with Gasteiger partial charge in [-0.2, -0.15) is 0 Å². The molecule has 0 bridgehead atoms. The molecule has 2 amide bonds. The van der Waals surface area contributed by atoms with Crippen LogP contribution in [0.15, 0.2) is 72.1 Å². The average molecular weight is 450 g/mol. The highest BCUT2D eigenvalue weighted by Gasteiger charge is 2.12. The standard InChI is InChI=1S/C24H20FN3O3S/c25-19-7-3-4-8-21(19)31-14-22-28-20(15-32-22)24(30)27-12-11-26-23(29)18-10-9-16-5-1-2-6-17(16)13-18/h1-10,13,15H,11-12,14H2,(H,26,29)(H,27,30). The highest BCUT2D eigenvalue weighted by molar-refractivity contribution is 7.09. The van der Waals surface area contributed by atoms with Crippen LogP contribution in [0, 0.1) is 5.82 Å². The van der Waals surface area contributed by atoms with Crippen molar-refractivity contribution in [3.05, 3.63) is 94.2 Å². The van der Waals surface area contributed by atoms with Gasteiger partial charge in [-0.1, -0.05) is 42.5 Å². The molecule has 0 radical (unpaired) electrons. The van der Waals surface area contributed by atoms with Crippen LogP contribution in [0.25, 0.3) is 10.8 Å². The second kappa shape index (κ2) is 10.0. The van der Waals surface area contributed by atoms with Crippen LogP contribution in [0.4, 0.5) is 4.39 Å². The number of hydrogen-bond acceptors (Lipinski definition) is 5. The second-order valence-corrected chi connectivity index (χ2v) is 7.86. The van der Waals surface area contributed by atoms with Gasteiger partial charge in [0.1, 0.15) is 17.3 Å². The predicted molar refractivity (Wildman–Crippen MR) is 121 cm³/mol. The number of carbonyl (C=O) groups excluding carboxylic acids is 2. The van der Waals surface area contributed by atoms with Crippen LogP contribution in [0.1, 0.15) is 25.9 Å². The average Bonchev–Trinajstić information content (AvgIpc) is 3.30. The molecule has 162 valence electrons. The Kier molecular flexibility index (Phi) is 6.72. The van der Waals surface area contributed by atoms with Crippen molar-refractivity contribution in [2.24, 2.45) is 0 Å². The molecule has 0 unspecified atom stereocenters. The molecule has 1 aromatic heterocycles. The molecule has 0 spiro atoms. The lowest BCUT2D eigenvalue weighted by atomic mass is 10.1. The molecule has 8 heteroatoms. The van der Waals surface area contributed by atoms with Crippen molar-refractivity contribution in [3.63, 3.8) is 0 Å². The monoisotopic (exact) mass is 449 g/mol. The van der Waals surface area contributed by atoms with E-state index in [1.807, 2.05) is 36.4 Å². The maximum atomic E-state index is 13.6. The van der Waals surface area contributed by atoms with Crippen LogP contribution in [0.3, 0.4) is 0 Å². The number of hydrogen-bond donors (Lipinski definition) is 2. The predicted octanol–water partition coefficient (Wildman–Crippen LogP) is 4.17. The number of halogens is 1. The quantitative estimate of drug-likeness (QED) is 0.396. The zero-order valence-electron chi connectivity index (χ0n) is 17.0. The lowest BCUT2D eigenvalue weighted by Crippen LogP contribution is -2.34. The van der Waals surface area contributed by atoms with Crippen molar-refractivity contribution in [1.82, 2.24) is 15.6 Å². The molecule has 0 aliphatic rings. The van der Waals surface area contributed by atoms with E-state index < -0.39 is 5.82 Å². The lowest BCUT2D eigenvalue weighted by molar-refractivity contribution is 0.0925. The SMILES string of the molecule is O=C(NCCNC(=O)c1csc(COc2ccccc2F)n1)c1ccc2ccccc2c1. The van der Waals surface area contributed by atoms with Crippen molar-refractivity contribution in [1.29, 1.82) is 0 Å². The Labute approximate surface area is 188 Å². The van der Waals surface area contributed by atoms with Gasteiger partial charge >= 0.3 is 0 Å². The van der Waals surface area contributed by atoms with Crippen LogP contribution in [-0.2, 0) is 6.61 Å². The third-order valence-corrected chi connectivity index (χ3v) is 5.50. The lowest BCUT2D eigenvalue weighted by Gasteiger charge is -2.07. The van der Waals surface area contributed by atoms with E-state index in [-0.39, 0.29) is 43.0 Å². The van der Waals surface area contributed by atoms with Gasteiger partial charge in [-0.25, -0.2) is 9.37 Å². The number of benzene rings is 3. The highest BCUT2D eigenvalue weighted by atomic mass is 32.1. The first-order chi connectivity index (χ1) is 15.6. The van der Waals surface area contributed by atoms with Crippen LogP contribution >= 0.6 is 11.3 Å². The van der Waals surface area contributed by atoms with Gasteiger partial charge in [-0.05, 0) is 35.0 Å². The Morgan fingerprint density at radius 3 is 2.44 bits per heavy atom. The van der Waals surface area contributed by atoms with Crippen molar-refractivity contribution >= 4 is 33.9 Å². The fourth-order valence-electron chi connectivity index (χ4n) is 3.06. The van der Waals surface area contributed by atoms with Crippen LogP contribution < -0.4 is 15.4 Å². The fraction of sp³-hybridized carbons (Fsp3) is 0.125. The van der Waals surface area contributed by atoms with E-state index in [1.165, 1.54) is 23.5 Å². The number of ether oxygens (including phenoxy) is 1. The Morgan fingerprint density at radius 2 is 1.62 bits per heavy atom. The number of amides is 2. The molecule has 2 N–H and O–H groups in total. The third kappa shape index (κ3) is 5.28. The summed E-state index contributed by atoms with van der Waals surface area (Å²) in [5.74, 6) is -0.867. The number of aromatic nitrogens is 1. The molecule has 0 saturated carbocycles. The first kappa shape index (κ1) is 21.5. The van der Waals surface area contributed by atoms with Crippen molar-refractivity contribution in [2.45, 2.75) is 6.61 Å². The summed E-state index contributed by atoms with van der Waals surface area (Å²) in [6, 6.07) is 19.4. The molecular formula is C24H20FN3O3S. The zero-order valence-corrected chi connectivity index (χ0v) is 17.8. The second-order valence-electron chi connectivity index (χ2n) is 6.92. The minimum Gasteiger partial charge on any atom is -0.483 e. The van der Waals surface area contributed by atoms with Gasteiger partial charge in [-0.15, -0.1) is 11.3 Å². The summed E-state index contributed by atoms with van der Waals surface area (Å²) in [5.41, 5.74) is 0.817. The highest BCUT2D eigenvalue weighted by Crippen LogP contribution is 2.19. The topological polar surface area (TPSA) is 80.3 Å². The summed E-state index contributed by atoms with van der Waals surface area (Å²) in [6.07, 6.45) is 0. The van der Waals surface area contributed by atoms with Crippen LogP contribution in [0.5, 0.6) is 5.75 Å². The summed E-state index contributed by atoms with van der Waals surface area (Å²) >= 11 is 1.26. The van der Waals surface area contributed by atoms with E-state index in [2.05, 4.69) is 15.6 Å². The van der Waals surface area contributed by atoms with Gasteiger partial charge in [0.2, 0.25) is 0 Å². The summed E-state index contributed by atoms with van der Waals surface area (Å²) in [7, 11) is 0. The third-order valence-electron chi connectivity index (χ3n) is 4.68. The number of carbonyl (C=O) groups is 2. The van der Waals surface area contributed by atoms with E-state index in [1.54, 1.807) is 23.6 Å². The smallest absolute Gasteiger partial charge is 0.270 e. The van der Waals surface area contributed by atoms with Gasteiger partial charge < -0.3 is 15.4 Å². The summed E-state index contributed by atoms with van der Waals surface area (Å²) in [4.78, 5) is 28.8. The molecule has 0 fully saturated rings. The van der Waals surface area contributed by atoms with Gasteiger partial charge in [-0.3, -0.25) is 9.59 Å². The Morgan fingerprint density at radius 1 is 0.906 bits per heavy atom. The number of thiazole rings is 1. The van der Waals surface area contributed by atoms with Crippen LogP contribution in [-0.4, -0.2) is 29.9 Å². The van der Waals surface area contributed by atoms with Gasteiger partial charge in [0.15, 0.2) is 11.6 Å². The van der Waals surface area contributed by atoms with E-state index in [0.717, 1.165) is 10.8 Å². The Bertz CT molecular complexity index is 1260. The summed E-state index contributed by atoms with van der Waals surface area (Å²) in [5, 5.41) is 9.75. The van der Waals surface area contributed by atoms with Crippen molar-refractivity contribution < 1.29 is 18.7 Å². The molecule has 0 aliphatic heterocycles. The molecule has 0 aliphatic carbocycles. The Hall–Kier alpha value is -3.78. The number of nitrogens with zero attached hydrogens (tertiary/aromatic N) is 1.